The van der Waals surface area contributed by atoms with E-state index in [4.69, 9.17) is 9.47 Å². The summed E-state index contributed by atoms with van der Waals surface area (Å²) in [6.45, 7) is 1.10. The highest BCUT2D eigenvalue weighted by Crippen LogP contribution is 2.38. The van der Waals surface area contributed by atoms with Crippen LogP contribution in [0, 0.1) is 5.82 Å². The number of nitrogens with one attached hydrogen (secondary N) is 1. The van der Waals surface area contributed by atoms with Crippen LogP contribution in [0.3, 0.4) is 0 Å². The molecule has 1 fully saturated rings. The normalized spacial score (nSPS) is 17.2. The molecule has 4 rings (SSSR count). The number of benzene rings is 2. The lowest BCUT2D eigenvalue weighted by Gasteiger charge is -2.27. The Morgan fingerprint density at radius 2 is 2.00 bits per heavy atom. The van der Waals surface area contributed by atoms with Crippen molar-refractivity contribution >= 4 is 17.2 Å². The minimum Gasteiger partial charge on any atom is -0.497 e. The third-order valence-corrected chi connectivity index (χ3v) is 6.78. The van der Waals surface area contributed by atoms with Crippen LogP contribution < -0.4 is 14.8 Å². The fraction of sp³-hybridized carbons (Fsp3) is 0.320. The van der Waals surface area contributed by atoms with Crippen molar-refractivity contribution in [3.63, 3.8) is 0 Å². The third-order valence-electron chi connectivity index (χ3n) is 5.84. The van der Waals surface area contributed by atoms with Gasteiger partial charge in [-0.2, -0.15) is 0 Å². The van der Waals surface area contributed by atoms with Crippen molar-refractivity contribution in [1.82, 2.24) is 10.2 Å². The highest BCUT2D eigenvalue weighted by atomic mass is 32.1. The Balaban J connectivity index is 1.51. The molecule has 3 aromatic rings. The smallest absolute Gasteiger partial charge is 0.234 e. The number of carbonyl (C=O) groups is 1. The Kier molecular flexibility index (Phi) is 7.07. The highest BCUT2D eigenvalue weighted by molar-refractivity contribution is 7.10. The quantitative estimate of drug-likeness (QED) is 0.523. The Labute approximate surface area is 191 Å². The van der Waals surface area contributed by atoms with E-state index < -0.39 is 0 Å². The molecule has 1 amide bonds. The monoisotopic (exact) mass is 454 g/mol. The summed E-state index contributed by atoms with van der Waals surface area (Å²) in [7, 11) is 3.30. The molecule has 0 bridgehead atoms. The van der Waals surface area contributed by atoms with Gasteiger partial charge in [0.25, 0.3) is 0 Å². The van der Waals surface area contributed by atoms with Crippen LogP contribution in [0.5, 0.6) is 11.5 Å². The number of carbonyl (C=O) groups excluding carboxylic acids is 1. The molecule has 168 valence electrons. The lowest BCUT2D eigenvalue weighted by atomic mass is 10.0. The van der Waals surface area contributed by atoms with E-state index in [1.807, 2.05) is 35.7 Å². The van der Waals surface area contributed by atoms with Gasteiger partial charge in [-0.05, 0) is 66.7 Å². The summed E-state index contributed by atoms with van der Waals surface area (Å²) in [6, 6.07) is 15.8. The first-order valence-electron chi connectivity index (χ1n) is 10.6. The average Bonchev–Trinajstić information content (AvgIpc) is 3.50. The van der Waals surface area contributed by atoms with Gasteiger partial charge in [-0.15, -0.1) is 11.3 Å². The second kappa shape index (κ2) is 10.1. The fourth-order valence-corrected chi connectivity index (χ4v) is 5.09. The van der Waals surface area contributed by atoms with Crippen molar-refractivity contribution in [2.45, 2.75) is 24.9 Å². The fourth-order valence-electron chi connectivity index (χ4n) is 4.29. The zero-order chi connectivity index (χ0) is 22.5. The molecule has 1 aliphatic rings. The number of rotatable bonds is 8. The van der Waals surface area contributed by atoms with Crippen molar-refractivity contribution in [2.75, 3.05) is 27.3 Å². The number of hydrogen-bond donors (Lipinski definition) is 1. The summed E-state index contributed by atoms with van der Waals surface area (Å²) in [5.74, 6) is 1.20. The number of amides is 1. The first-order valence-corrected chi connectivity index (χ1v) is 11.5. The average molecular weight is 455 g/mol. The topological polar surface area (TPSA) is 50.8 Å². The summed E-state index contributed by atoms with van der Waals surface area (Å²) in [4.78, 5) is 16.3. The zero-order valence-corrected chi connectivity index (χ0v) is 19.0. The van der Waals surface area contributed by atoms with Crippen molar-refractivity contribution in [3.05, 3.63) is 81.8 Å². The van der Waals surface area contributed by atoms with Crippen molar-refractivity contribution < 1.29 is 18.7 Å². The van der Waals surface area contributed by atoms with Crippen LogP contribution in [0.4, 0.5) is 4.39 Å². The lowest BCUT2D eigenvalue weighted by Crippen LogP contribution is -2.39. The second-order valence-electron chi connectivity index (χ2n) is 7.80. The summed E-state index contributed by atoms with van der Waals surface area (Å²) in [6.07, 6.45) is 1.95. The highest BCUT2D eigenvalue weighted by Gasteiger charge is 2.31. The Morgan fingerprint density at radius 1 is 1.19 bits per heavy atom. The molecule has 7 heteroatoms. The van der Waals surface area contributed by atoms with E-state index in [-0.39, 0.29) is 30.4 Å². The molecule has 2 unspecified atom stereocenters. The molecule has 0 spiro atoms. The van der Waals surface area contributed by atoms with Gasteiger partial charge < -0.3 is 14.8 Å². The van der Waals surface area contributed by atoms with Crippen molar-refractivity contribution in [3.8, 4) is 11.5 Å². The van der Waals surface area contributed by atoms with Gasteiger partial charge in [-0.1, -0.05) is 18.2 Å². The van der Waals surface area contributed by atoms with Crippen LogP contribution in [0.2, 0.25) is 0 Å². The Morgan fingerprint density at radius 3 is 2.69 bits per heavy atom. The summed E-state index contributed by atoms with van der Waals surface area (Å²) in [5, 5.41) is 5.13. The molecule has 5 nitrogen and oxygen atoms in total. The standard InChI is InChI=1S/C25H27FN2O3S/c1-30-19-11-12-22(31-2)20(15-19)21-5-3-13-28(21)16-24(29)27-25(23-6-4-14-32-23)17-7-9-18(26)10-8-17/h4,6-12,14-15,21,25H,3,5,13,16H2,1-2H3,(H,27,29). The van der Waals surface area contributed by atoms with Crippen LogP contribution in [-0.4, -0.2) is 38.1 Å². The second-order valence-corrected chi connectivity index (χ2v) is 8.78. The van der Waals surface area contributed by atoms with Gasteiger partial charge in [-0.25, -0.2) is 4.39 Å². The van der Waals surface area contributed by atoms with E-state index in [9.17, 15) is 9.18 Å². The molecular weight excluding hydrogens is 427 g/mol. The maximum atomic E-state index is 13.4. The van der Waals surface area contributed by atoms with Gasteiger partial charge in [0, 0.05) is 16.5 Å². The molecule has 1 aliphatic heterocycles. The number of thiophene rings is 1. The van der Waals surface area contributed by atoms with E-state index in [0.717, 1.165) is 46.9 Å². The molecule has 2 heterocycles. The summed E-state index contributed by atoms with van der Waals surface area (Å²) < 4.78 is 24.4. The van der Waals surface area contributed by atoms with Crippen LogP contribution in [0.1, 0.15) is 40.9 Å². The van der Waals surface area contributed by atoms with E-state index in [0.29, 0.717) is 0 Å². The van der Waals surface area contributed by atoms with Crippen LogP contribution in [0.15, 0.2) is 60.0 Å². The van der Waals surface area contributed by atoms with Gasteiger partial charge in [0.15, 0.2) is 0 Å². The maximum absolute atomic E-state index is 13.4. The van der Waals surface area contributed by atoms with Gasteiger partial charge in [0.2, 0.25) is 5.91 Å². The molecule has 0 radical (unpaired) electrons. The molecule has 2 aromatic carbocycles. The predicted octanol–water partition coefficient (Wildman–Crippen LogP) is 4.95. The number of likely N-dealkylation sites (tertiary alicyclic amines) is 1. The summed E-state index contributed by atoms with van der Waals surface area (Å²) >= 11 is 1.57. The molecule has 0 aliphatic carbocycles. The van der Waals surface area contributed by atoms with Crippen LogP contribution >= 0.6 is 11.3 Å². The molecular formula is C25H27FN2O3S. The molecule has 32 heavy (non-hydrogen) atoms. The molecule has 1 saturated heterocycles. The van der Waals surface area contributed by atoms with Crippen LogP contribution in [0.25, 0.3) is 0 Å². The van der Waals surface area contributed by atoms with Crippen molar-refractivity contribution in [2.24, 2.45) is 0 Å². The first-order chi connectivity index (χ1) is 15.6. The van der Waals surface area contributed by atoms with E-state index >= 15 is 0 Å². The third kappa shape index (κ3) is 4.95. The predicted molar refractivity (Wildman–Crippen MR) is 124 cm³/mol. The molecule has 0 saturated carbocycles. The minimum atomic E-state index is -0.310. The number of hydrogen-bond acceptors (Lipinski definition) is 5. The lowest BCUT2D eigenvalue weighted by molar-refractivity contribution is -0.123. The van der Waals surface area contributed by atoms with Gasteiger partial charge >= 0.3 is 0 Å². The van der Waals surface area contributed by atoms with Crippen molar-refractivity contribution in [1.29, 1.82) is 0 Å². The molecule has 1 N–H and O–H groups in total. The van der Waals surface area contributed by atoms with E-state index in [1.54, 1.807) is 37.7 Å². The number of halogens is 1. The largest absolute Gasteiger partial charge is 0.497 e. The first kappa shape index (κ1) is 22.3. The van der Waals surface area contributed by atoms with E-state index in [2.05, 4.69) is 10.2 Å². The maximum Gasteiger partial charge on any atom is 0.234 e. The molecule has 2 atom stereocenters. The summed E-state index contributed by atoms with van der Waals surface area (Å²) in [5.41, 5.74) is 1.89. The zero-order valence-electron chi connectivity index (χ0n) is 18.2. The van der Waals surface area contributed by atoms with Gasteiger partial charge in [0.1, 0.15) is 17.3 Å². The number of methoxy groups -OCH3 is 2. The van der Waals surface area contributed by atoms with Gasteiger partial charge in [-0.3, -0.25) is 9.69 Å². The Bertz CT molecular complexity index is 1040. The SMILES string of the molecule is COc1ccc(OC)c(C2CCCN2CC(=O)NC(c2ccc(F)cc2)c2cccs2)c1. The number of nitrogens with zero attached hydrogens (tertiary/aromatic N) is 1. The van der Waals surface area contributed by atoms with E-state index in [1.165, 1.54) is 12.1 Å². The number of ether oxygens (including phenoxy) is 2. The molecule has 1 aromatic heterocycles. The minimum absolute atomic E-state index is 0.0681. The Hall–Kier alpha value is -2.90. The van der Waals surface area contributed by atoms with Crippen LogP contribution in [-0.2, 0) is 4.79 Å². The van der Waals surface area contributed by atoms with Gasteiger partial charge in [0.05, 0.1) is 26.8 Å².